The van der Waals surface area contributed by atoms with E-state index >= 15 is 0 Å². The summed E-state index contributed by atoms with van der Waals surface area (Å²) in [5.41, 5.74) is 0.236. The van der Waals surface area contributed by atoms with Crippen LogP contribution in [0.15, 0.2) is 42.5 Å². The van der Waals surface area contributed by atoms with Gasteiger partial charge in [0.1, 0.15) is 6.61 Å². The fourth-order valence-corrected chi connectivity index (χ4v) is 2.24. The molecule has 0 bridgehead atoms. The van der Waals surface area contributed by atoms with Crippen molar-refractivity contribution >= 4 is 12.1 Å². The van der Waals surface area contributed by atoms with Crippen molar-refractivity contribution in [2.24, 2.45) is 5.41 Å². The smallest absolute Gasteiger partial charge is 0.407 e. The topological polar surface area (TPSA) is 95.9 Å². The molecular weight excluding hydrogens is 310 g/mol. The average molecular weight is 335 g/mol. The summed E-state index contributed by atoms with van der Waals surface area (Å²) in [6, 6.07) is 8.54. The number of nitrogens with one attached hydrogen (secondary N) is 1. The first-order valence-corrected chi connectivity index (χ1v) is 7.67. The van der Waals surface area contributed by atoms with Crippen molar-refractivity contribution in [3.05, 3.63) is 48.0 Å². The number of hydrogen-bond donors (Lipinski definition) is 3. The number of carbonyl (C=O) groups excluding carboxylic acids is 1. The number of ether oxygens (including phenoxy) is 1. The summed E-state index contributed by atoms with van der Waals surface area (Å²) in [6.45, 7) is 9.03. The van der Waals surface area contributed by atoms with Gasteiger partial charge in [0.2, 0.25) is 0 Å². The molecule has 0 heterocycles. The highest BCUT2D eigenvalue weighted by Gasteiger charge is 2.34. The van der Waals surface area contributed by atoms with E-state index in [0.717, 1.165) is 5.56 Å². The first kappa shape index (κ1) is 19.7. The number of carboxylic acids is 1. The van der Waals surface area contributed by atoms with Gasteiger partial charge in [0, 0.05) is 12.0 Å². The first-order chi connectivity index (χ1) is 11.1. The Labute approximate surface area is 142 Å². The lowest BCUT2D eigenvalue weighted by molar-refractivity contribution is -0.133. The molecule has 6 heteroatoms. The fraction of sp³-hybridized carbons (Fsp3) is 0.444. The molecule has 3 N–H and O–H groups in total. The Morgan fingerprint density at radius 2 is 1.83 bits per heavy atom. The molecule has 2 atom stereocenters. The number of amides is 1. The summed E-state index contributed by atoms with van der Waals surface area (Å²) in [5.74, 6) is -1.17. The molecule has 0 aromatic heterocycles. The molecule has 1 aromatic carbocycles. The van der Waals surface area contributed by atoms with Crippen LogP contribution in [0.3, 0.4) is 0 Å². The molecule has 0 saturated carbocycles. The molecule has 0 fully saturated rings. The van der Waals surface area contributed by atoms with Gasteiger partial charge in [0.15, 0.2) is 0 Å². The van der Waals surface area contributed by atoms with Crippen LogP contribution in [0.25, 0.3) is 0 Å². The third kappa shape index (κ3) is 6.42. The highest BCUT2D eigenvalue weighted by molar-refractivity contribution is 5.85. The number of carboxylic acid groups (broad SMARTS) is 1. The van der Waals surface area contributed by atoms with Gasteiger partial charge in [-0.2, -0.15) is 0 Å². The van der Waals surface area contributed by atoms with Gasteiger partial charge in [0.25, 0.3) is 0 Å². The first-order valence-electron chi connectivity index (χ1n) is 7.67. The highest BCUT2D eigenvalue weighted by atomic mass is 16.5. The summed E-state index contributed by atoms with van der Waals surface area (Å²) < 4.78 is 5.16. The molecule has 132 valence electrons. The molecule has 0 saturated heterocycles. The predicted octanol–water partition coefficient (Wildman–Crippen LogP) is 2.72. The maximum atomic E-state index is 12.0. The maximum Gasteiger partial charge on any atom is 0.407 e. The Morgan fingerprint density at radius 1 is 1.25 bits per heavy atom. The monoisotopic (exact) mass is 335 g/mol. The molecule has 1 rings (SSSR count). The van der Waals surface area contributed by atoms with Crippen molar-refractivity contribution < 1.29 is 24.5 Å². The number of carbonyl (C=O) groups is 2. The minimum absolute atomic E-state index is 0.113. The molecule has 0 aliphatic heterocycles. The van der Waals surface area contributed by atoms with E-state index in [1.807, 2.05) is 51.1 Å². The Balaban J connectivity index is 2.66. The van der Waals surface area contributed by atoms with Crippen LogP contribution in [0, 0.1) is 5.41 Å². The number of aliphatic hydroxyl groups excluding tert-OH is 1. The Kier molecular flexibility index (Phi) is 6.97. The third-order valence-corrected chi connectivity index (χ3v) is 3.56. The number of aliphatic hydroxyl groups is 1. The molecule has 24 heavy (non-hydrogen) atoms. The SMILES string of the molecule is C=C(C[C@H](O)[C@@H](NC(=O)OCc1ccccc1)C(C)(C)C)C(=O)O. The standard InChI is InChI=1S/C18H25NO5/c1-12(16(21)22)10-14(20)15(18(2,3)4)19-17(23)24-11-13-8-6-5-7-9-13/h5-9,14-15,20H,1,10-11H2,2-4H3,(H,19,23)(H,21,22)/t14-,15+/m0/s1. The second kappa shape index (κ2) is 8.49. The highest BCUT2D eigenvalue weighted by Crippen LogP contribution is 2.25. The van der Waals surface area contributed by atoms with Gasteiger partial charge in [-0.3, -0.25) is 0 Å². The zero-order valence-corrected chi connectivity index (χ0v) is 14.3. The lowest BCUT2D eigenvalue weighted by Gasteiger charge is -2.34. The van der Waals surface area contributed by atoms with Gasteiger partial charge in [-0.15, -0.1) is 0 Å². The van der Waals surface area contributed by atoms with E-state index in [-0.39, 0.29) is 18.6 Å². The van der Waals surface area contributed by atoms with E-state index in [4.69, 9.17) is 9.84 Å². The normalized spacial score (nSPS) is 13.7. The number of aliphatic carboxylic acids is 1. The van der Waals surface area contributed by atoms with Crippen LogP contribution >= 0.6 is 0 Å². The zero-order chi connectivity index (χ0) is 18.3. The number of rotatable bonds is 7. The maximum absolute atomic E-state index is 12.0. The molecule has 0 aliphatic rings. The number of hydrogen-bond acceptors (Lipinski definition) is 4. The molecule has 0 radical (unpaired) electrons. The summed E-state index contributed by atoms with van der Waals surface area (Å²) in [6.07, 6.45) is -1.90. The van der Waals surface area contributed by atoms with Crippen LogP contribution in [-0.2, 0) is 16.1 Å². The minimum Gasteiger partial charge on any atom is -0.478 e. The second-order valence-corrected chi connectivity index (χ2v) is 6.73. The van der Waals surface area contributed by atoms with Crippen LogP contribution in [0.4, 0.5) is 4.79 Å². The summed E-state index contributed by atoms with van der Waals surface area (Å²) in [7, 11) is 0. The molecule has 1 aromatic rings. The summed E-state index contributed by atoms with van der Waals surface area (Å²) >= 11 is 0. The largest absolute Gasteiger partial charge is 0.478 e. The second-order valence-electron chi connectivity index (χ2n) is 6.73. The van der Waals surface area contributed by atoms with Crippen LogP contribution in [0.5, 0.6) is 0 Å². The van der Waals surface area contributed by atoms with E-state index < -0.39 is 29.6 Å². The zero-order valence-electron chi connectivity index (χ0n) is 14.3. The minimum atomic E-state index is -1.17. The van der Waals surface area contributed by atoms with Gasteiger partial charge in [-0.1, -0.05) is 57.7 Å². The van der Waals surface area contributed by atoms with Crippen molar-refractivity contribution in [2.45, 2.75) is 45.9 Å². The number of benzene rings is 1. The molecule has 1 amide bonds. The third-order valence-electron chi connectivity index (χ3n) is 3.56. The van der Waals surface area contributed by atoms with Gasteiger partial charge >= 0.3 is 12.1 Å². The lowest BCUT2D eigenvalue weighted by atomic mass is 9.81. The quantitative estimate of drug-likeness (QED) is 0.666. The van der Waals surface area contributed by atoms with Gasteiger partial charge in [0.05, 0.1) is 12.1 Å². The summed E-state index contributed by atoms with van der Waals surface area (Å²) in [4.78, 5) is 22.9. The van der Waals surface area contributed by atoms with Gasteiger partial charge in [-0.05, 0) is 11.0 Å². The van der Waals surface area contributed by atoms with E-state index in [1.54, 1.807) is 0 Å². The molecule has 6 nitrogen and oxygen atoms in total. The van der Waals surface area contributed by atoms with Crippen LogP contribution in [-0.4, -0.2) is 34.4 Å². The predicted molar refractivity (Wildman–Crippen MR) is 90.4 cm³/mol. The average Bonchev–Trinajstić information content (AvgIpc) is 2.50. The van der Waals surface area contributed by atoms with Gasteiger partial charge < -0.3 is 20.3 Å². The Bertz CT molecular complexity index is 577. The summed E-state index contributed by atoms with van der Waals surface area (Å²) in [5, 5.41) is 21.8. The van der Waals surface area contributed by atoms with Crippen molar-refractivity contribution in [1.82, 2.24) is 5.32 Å². The van der Waals surface area contributed by atoms with Crippen molar-refractivity contribution in [1.29, 1.82) is 0 Å². The van der Waals surface area contributed by atoms with Crippen molar-refractivity contribution in [2.75, 3.05) is 0 Å². The van der Waals surface area contributed by atoms with Crippen molar-refractivity contribution in [3.8, 4) is 0 Å². The fourth-order valence-electron chi connectivity index (χ4n) is 2.24. The van der Waals surface area contributed by atoms with E-state index in [1.165, 1.54) is 0 Å². The lowest BCUT2D eigenvalue weighted by Crippen LogP contribution is -2.51. The van der Waals surface area contributed by atoms with E-state index in [0.29, 0.717) is 0 Å². The molecule has 0 aliphatic carbocycles. The van der Waals surface area contributed by atoms with Gasteiger partial charge in [-0.25, -0.2) is 9.59 Å². The Morgan fingerprint density at radius 3 is 2.33 bits per heavy atom. The molecular formula is C18H25NO5. The van der Waals surface area contributed by atoms with E-state index in [2.05, 4.69) is 11.9 Å². The van der Waals surface area contributed by atoms with Crippen LogP contribution < -0.4 is 5.32 Å². The number of alkyl carbamates (subject to hydrolysis) is 1. The Hall–Kier alpha value is -2.34. The molecule has 0 unspecified atom stereocenters. The van der Waals surface area contributed by atoms with E-state index in [9.17, 15) is 14.7 Å². The van der Waals surface area contributed by atoms with Crippen LogP contribution in [0.2, 0.25) is 0 Å². The van der Waals surface area contributed by atoms with Crippen molar-refractivity contribution in [3.63, 3.8) is 0 Å². The molecule has 0 spiro atoms. The van der Waals surface area contributed by atoms with Crippen LogP contribution in [0.1, 0.15) is 32.8 Å².